The Balaban J connectivity index is 1.76. The van der Waals surface area contributed by atoms with E-state index in [0.29, 0.717) is 5.69 Å². The quantitative estimate of drug-likeness (QED) is 0.681. The number of carbonyl (C=O) groups excluding carboxylic acids is 2. The number of hydrogen-bond acceptors (Lipinski definition) is 4. The summed E-state index contributed by atoms with van der Waals surface area (Å²) in [5.74, 6) is -3.00. The van der Waals surface area contributed by atoms with Crippen LogP contribution in [0.25, 0.3) is 10.9 Å². The molecule has 144 valence electrons. The van der Waals surface area contributed by atoms with Crippen molar-refractivity contribution in [1.29, 1.82) is 0 Å². The first-order chi connectivity index (χ1) is 13.2. The molecular formula is C21H18F2N2O3. The Morgan fingerprint density at radius 2 is 1.82 bits per heavy atom. The minimum atomic E-state index is -1.22. The summed E-state index contributed by atoms with van der Waals surface area (Å²) in [6.45, 7) is 4.94. The first-order valence-electron chi connectivity index (χ1n) is 8.59. The number of amides is 1. The van der Waals surface area contributed by atoms with Crippen LogP contribution in [0, 0.1) is 25.5 Å². The molecule has 0 aliphatic rings. The molecule has 1 aromatic heterocycles. The highest BCUT2D eigenvalue weighted by Gasteiger charge is 2.22. The number of rotatable bonds is 4. The van der Waals surface area contributed by atoms with Crippen LogP contribution < -0.4 is 5.32 Å². The fraction of sp³-hybridized carbons (Fsp3) is 0.190. The number of halogens is 2. The summed E-state index contributed by atoms with van der Waals surface area (Å²) in [4.78, 5) is 29.1. The van der Waals surface area contributed by atoms with Crippen LogP contribution in [0.3, 0.4) is 0 Å². The molecule has 28 heavy (non-hydrogen) atoms. The molecule has 1 unspecified atom stereocenters. The summed E-state index contributed by atoms with van der Waals surface area (Å²) in [6.07, 6.45) is -1.22. The van der Waals surface area contributed by atoms with Gasteiger partial charge in [0.1, 0.15) is 11.6 Å². The van der Waals surface area contributed by atoms with Crippen molar-refractivity contribution in [3.05, 3.63) is 70.9 Å². The van der Waals surface area contributed by atoms with Crippen molar-refractivity contribution in [1.82, 2.24) is 4.98 Å². The van der Waals surface area contributed by atoms with Crippen LogP contribution in [-0.4, -0.2) is 23.0 Å². The summed E-state index contributed by atoms with van der Waals surface area (Å²) < 4.78 is 32.1. The summed E-state index contributed by atoms with van der Waals surface area (Å²) in [5, 5.41) is 2.99. The molecule has 1 N–H and O–H groups in total. The molecule has 0 saturated heterocycles. The van der Waals surface area contributed by atoms with Crippen molar-refractivity contribution in [3.8, 4) is 0 Å². The Kier molecular flexibility index (Phi) is 5.35. The maximum Gasteiger partial charge on any atom is 0.340 e. The molecule has 0 aliphatic carbocycles. The van der Waals surface area contributed by atoms with Gasteiger partial charge >= 0.3 is 5.97 Å². The van der Waals surface area contributed by atoms with Crippen LogP contribution in [0.2, 0.25) is 0 Å². The minimum absolute atomic E-state index is 0.231. The molecule has 0 aliphatic heterocycles. The first-order valence-corrected chi connectivity index (χ1v) is 8.59. The molecule has 1 amide bonds. The van der Waals surface area contributed by atoms with Crippen molar-refractivity contribution >= 4 is 28.5 Å². The van der Waals surface area contributed by atoms with Gasteiger partial charge < -0.3 is 10.1 Å². The summed E-state index contributed by atoms with van der Waals surface area (Å²) >= 11 is 0. The fourth-order valence-corrected chi connectivity index (χ4v) is 2.70. The Labute approximate surface area is 160 Å². The van der Waals surface area contributed by atoms with Gasteiger partial charge in [-0.25, -0.2) is 13.6 Å². The van der Waals surface area contributed by atoms with Gasteiger partial charge in [0.2, 0.25) is 0 Å². The van der Waals surface area contributed by atoms with E-state index in [1.54, 1.807) is 13.0 Å². The van der Waals surface area contributed by atoms with Gasteiger partial charge in [0.15, 0.2) is 6.10 Å². The first kappa shape index (κ1) is 19.4. The number of nitrogens with one attached hydrogen (secondary N) is 1. The monoisotopic (exact) mass is 384 g/mol. The summed E-state index contributed by atoms with van der Waals surface area (Å²) in [5.41, 5.74) is 2.13. The van der Waals surface area contributed by atoms with Crippen molar-refractivity contribution in [2.24, 2.45) is 0 Å². The lowest BCUT2D eigenvalue weighted by atomic mass is 10.1. The largest absolute Gasteiger partial charge is 0.449 e. The standard InChI is InChI=1S/C21H18F2N2O3/c1-11-4-7-18-14(8-11)9-16(12(2)24-18)21(27)28-13(3)20(26)25-19-10-15(22)5-6-17(19)23/h4-10,13H,1-3H3,(H,25,26). The van der Waals surface area contributed by atoms with E-state index in [1.807, 2.05) is 25.1 Å². The van der Waals surface area contributed by atoms with Gasteiger partial charge in [0.25, 0.3) is 5.91 Å². The molecule has 0 spiro atoms. The predicted octanol–water partition coefficient (Wildman–Crippen LogP) is 4.31. The van der Waals surface area contributed by atoms with Gasteiger partial charge in [-0.1, -0.05) is 11.6 Å². The molecular weight excluding hydrogens is 366 g/mol. The van der Waals surface area contributed by atoms with E-state index in [1.165, 1.54) is 6.92 Å². The average molecular weight is 384 g/mol. The van der Waals surface area contributed by atoms with E-state index in [9.17, 15) is 18.4 Å². The SMILES string of the molecule is Cc1ccc2nc(C)c(C(=O)OC(C)C(=O)Nc3cc(F)ccc3F)cc2c1. The van der Waals surface area contributed by atoms with Crippen LogP contribution in [0.5, 0.6) is 0 Å². The molecule has 1 heterocycles. The van der Waals surface area contributed by atoms with Crippen LogP contribution in [-0.2, 0) is 9.53 Å². The fourth-order valence-electron chi connectivity index (χ4n) is 2.70. The molecule has 3 rings (SSSR count). The molecule has 5 nitrogen and oxygen atoms in total. The number of nitrogens with zero attached hydrogens (tertiary/aromatic N) is 1. The zero-order valence-corrected chi connectivity index (χ0v) is 15.5. The van der Waals surface area contributed by atoms with E-state index in [2.05, 4.69) is 10.3 Å². The molecule has 0 radical (unpaired) electrons. The highest BCUT2D eigenvalue weighted by Crippen LogP contribution is 2.20. The van der Waals surface area contributed by atoms with Crippen molar-refractivity contribution in [2.75, 3.05) is 5.32 Å². The molecule has 7 heteroatoms. The normalized spacial score (nSPS) is 11.9. The lowest BCUT2D eigenvalue weighted by molar-refractivity contribution is -0.123. The second-order valence-electron chi connectivity index (χ2n) is 6.48. The van der Waals surface area contributed by atoms with Crippen LogP contribution in [0.15, 0.2) is 42.5 Å². The predicted molar refractivity (Wildman–Crippen MR) is 101 cm³/mol. The minimum Gasteiger partial charge on any atom is -0.449 e. The number of pyridine rings is 1. The van der Waals surface area contributed by atoms with Crippen LogP contribution in [0.1, 0.15) is 28.5 Å². The number of ether oxygens (including phenoxy) is 1. The molecule has 0 fully saturated rings. The molecule has 0 bridgehead atoms. The third-order valence-corrected chi connectivity index (χ3v) is 4.22. The van der Waals surface area contributed by atoms with E-state index < -0.39 is 29.6 Å². The number of aryl methyl sites for hydroxylation is 2. The molecule has 1 atom stereocenters. The van der Waals surface area contributed by atoms with Gasteiger partial charge in [-0.2, -0.15) is 0 Å². The Morgan fingerprint density at radius 1 is 1.07 bits per heavy atom. The number of aromatic nitrogens is 1. The van der Waals surface area contributed by atoms with Crippen LogP contribution >= 0.6 is 0 Å². The highest BCUT2D eigenvalue weighted by molar-refractivity contribution is 5.99. The average Bonchev–Trinajstić information content (AvgIpc) is 2.64. The van der Waals surface area contributed by atoms with E-state index in [4.69, 9.17) is 4.74 Å². The van der Waals surface area contributed by atoms with E-state index in [0.717, 1.165) is 34.7 Å². The number of hydrogen-bond donors (Lipinski definition) is 1. The number of esters is 1. The van der Waals surface area contributed by atoms with Crippen LogP contribution in [0.4, 0.5) is 14.5 Å². The third kappa shape index (κ3) is 4.14. The maximum absolute atomic E-state index is 13.7. The van der Waals surface area contributed by atoms with E-state index >= 15 is 0 Å². The van der Waals surface area contributed by atoms with Gasteiger partial charge in [0, 0.05) is 11.5 Å². The number of fused-ring (bicyclic) bond motifs is 1. The summed E-state index contributed by atoms with van der Waals surface area (Å²) in [6, 6.07) is 10.0. The van der Waals surface area contributed by atoms with Crippen molar-refractivity contribution in [2.45, 2.75) is 26.9 Å². The Morgan fingerprint density at radius 3 is 2.57 bits per heavy atom. The number of anilines is 1. The summed E-state index contributed by atoms with van der Waals surface area (Å²) in [7, 11) is 0. The second-order valence-corrected chi connectivity index (χ2v) is 6.48. The highest BCUT2D eigenvalue weighted by atomic mass is 19.1. The topological polar surface area (TPSA) is 68.3 Å². The van der Waals surface area contributed by atoms with Gasteiger partial charge in [-0.3, -0.25) is 9.78 Å². The maximum atomic E-state index is 13.7. The number of benzene rings is 2. The van der Waals surface area contributed by atoms with E-state index in [-0.39, 0.29) is 11.3 Å². The van der Waals surface area contributed by atoms with Gasteiger partial charge in [0.05, 0.1) is 22.5 Å². The second kappa shape index (κ2) is 7.72. The third-order valence-electron chi connectivity index (χ3n) is 4.22. The molecule has 0 saturated carbocycles. The smallest absolute Gasteiger partial charge is 0.340 e. The molecule has 3 aromatic rings. The Hall–Kier alpha value is -3.35. The van der Waals surface area contributed by atoms with Crippen molar-refractivity contribution in [3.63, 3.8) is 0 Å². The van der Waals surface area contributed by atoms with Crippen molar-refractivity contribution < 1.29 is 23.1 Å². The Bertz CT molecular complexity index is 1080. The number of carbonyl (C=O) groups is 2. The zero-order valence-electron chi connectivity index (χ0n) is 15.5. The molecule has 2 aromatic carbocycles. The lowest BCUT2D eigenvalue weighted by Gasteiger charge is -2.15. The zero-order chi connectivity index (χ0) is 20.4. The lowest BCUT2D eigenvalue weighted by Crippen LogP contribution is -2.30. The van der Waals surface area contributed by atoms with Gasteiger partial charge in [-0.15, -0.1) is 0 Å². The van der Waals surface area contributed by atoms with Gasteiger partial charge in [-0.05, 0) is 51.1 Å².